The maximum Gasteiger partial charge on any atom is 0.280 e. The third kappa shape index (κ3) is 11.5. The first-order valence-electron chi connectivity index (χ1n) is 22.9. The van der Waals surface area contributed by atoms with Crippen molar-refractivity contribution in [3.63, 3.8) is 0 Å². The molecule has 10 aromatic rings. The fraction of sp³-hybridized carbons (Fsp3) is 0.125. The van der Waals surface area contributed by atoms with Crippen molar-refractivity contribution in [1.82, 2.24) is 81.1 Å². The first kappa shape index (κ1) is 51.1. The second kappa shape index (κ2) is 22.2. The van der Waals surface area contributed by atoms with E-state index < -0.39 is 33.3 Å². The zero-order chi connectivity index (χ0) is 54.2. The molecule has 10 rings (SSSR count). The molecule has 28 nitrogen and oxygen atoms in total. The fourth-order valence-electron chi connectivity index (χ4n) is 7.05. The number of anilines is 2. The second-order valence-corrected chi connectivity index (χ2v) is 19.4. The second-order valence-electron chi connectivity index (χ2n) is 16.2. The Morgan fingerprint density at radius 3 is 1.29 bits per heavy atom. The minimum Gasteiger partial charge on any atom is -0.493 e. The highest BCUT2D eigenvalue weighted by Crippen LogP contribution is 2.44. The predicted octanol–water partition coefficient (Wildman–Crippen LogP) is 5.82. The van der Waals surface area contributed by atoms with Crippen LogP contribution in [0.3, 0.4) is 0 Å². The van der Waals surface area contributed by atoms with E-state index in [4.69, 9.17) is 38.4 Å². The van der Waals surface area contributed by atoms with Gasteiger partial charge in [0.05, 0.1) is 14.2 Å². The summed E-state index contributed by atoms with van der Waals surface area (Å²) in [6.45, 7) is 2.73. The van der Waals surface area contributed by atoms with Gasteiger partial charge in [-0.2, -0.15) is 37.2 Å². The molecule has 0 unspecified atom stereocenters. The maximum absolute atomic E-state index is 14.1. The largest absolute Gasteiger partial charge is 0.493 e. The number of aromatic amines is 2. The Labute approximate surface area is 442 Å². The summed E-state index contributed by atoms with van der Waals surface area (Å²) < 4.78 is 98.4. The van der Waals surface area contributed by atoms with Crippen LogP contribution in [-0.2, 0) is 20.0 Å². The third-order valence-electron chi connectivity index (χ3n) is 10.8. The molecule has 0 saturated carbocycles. The van der Waals surface area contributed by atoms with Gasteiger partial charge in [0.1, 0.15) is 24.6 Å². The van der Waals surface area contributed by atoms with Crippen LogP contribution in [0.5, 0.6) is 46.3 Å². The molecular weight excluding hydrogens is 1050 g/mol. The van der Waals surface area contributed by atoms with Gasteiger partial charge >= 0.3 is 0 Å². The van der Waals surface area contributed by atoms with E-state index in [9.17, 15) is 16.8 Å². The van der Waals surface area contributed by atoms with Crippen LogP contribution in [0.2, 0.25) is 0 Å². The number of aryl methyl sites for hydroxylation is 2. The molecule has 30 heteroatoms. The first-order valence-corrected chi connectivity index (χ1v) is 25.8. The van der Waals surface area contributed by atoms with Crippen LogP contribution >= 0.6 is 0 Å². The molecule has 0 atom stereocenters. The summed E-state index contributed by atoms with van der Waals surface area (Å²) in [6, 6.07) is 25.2. The Morgan fingerprint density at radius 2 is 0.923 bits per heavy atom. The Hall–Kier alpha value is -10.4. The van der Waals surface area contributed by atoms with Crippen molar-refractivity contribution in [2.24, 2.45) is 0 Å². The predicted molar refractivity (Wildman–Crippen MR) is 274 cm³/mol. The van der Waals surface area contributed by atoms with Crippen LogP contribution in [0, 0.1) is 13.8 Å². The number of methoxy groups -OCH3 is 2. The lowest BCUT2D eigenvalue weighted by Gasteiger charge is -2.19. The number of hydrogen-bond donors (Lipinski definition) is 4. The molecule has 394 valence electrons. The van der Waals surface area contributed by atoms with E-state index in [0.29, 0.717) is 22.3 Å². The Morgan fingerprint density at radius 1 is 0.500 bits per heavy atom. The summed E-state index contributed by atoms with van der Waals surface area (Å²) in [5.41, 5.74) is 2.59. The molecular formula is C48H40N18O10S2. The number of nitrogens with one attached hydrogen (secondary N) is 4. The van der Waals surface area contributed by atoms with Crippen LogP contribution in [-0.4, -0.2) is 125 Å². The topological polar surface area (TPSA) is 360 Å². The van der Waals surface area contributed by atoms with Gasteiger partial charge in [0.15, 0.2) is 56.3 Å². The molecule has 0 fully saturated rings. The first-order chi connectivity index (χ1) is 37.8. The summed E-state index contributed by atoms with van der Waals surface area (Å²) in [5.74, 6) is -1.10. The summed E-state index contributed by atoms with van der Waals surface area (Å²) in [5, 5.41) is 27.4. The van der Waals surface area contributed by atoms with E-state index in [0.717, 1.165) is 0 Å². The average Bonchev–Trinajstić information content (AvgIpc) is 4.28. The number of para-hydroxylation sites is 4. The number of sulfonamides is 2. The number of hydrogen-bond acceptors (Lipinski definition) is 24. The van der Waals surface area contributed by atoms with Gasteiger partial charge in [-0.15, -0.1) is 20.4 Å². The minimum atomic E-state index is -4.49. The van der Waals surface area contributed by atoms with Gasteiger partial charge in [-0.05, 0) is 96.1 Å². The standard InChI is InChI=1S/C48H40N18O10S2/c1-27-13-15-37(51-25-27)77(67,68)61-45-39(75-35-11-7-5-9-33(35)71-3)47(55-41(53-45)29-17-19-49-31(23-29)43-57-63-64-58-43)73-21-22-74-48-40(76-36-12-8-6-10-34(36)72-4)46(62-78(69,70)38-16-14-28(2)26-52-38)54-42(56-48)30-18-20-50-32(24-30)44-59-65-66-60-44/h5-20,23-26H,21-22H2,1-4H3,(H,53,55,61)(H,54,56,62)(H,57,58,63,64)(H,59,60,65,66). The molecule has 0 aliphatic rings. The van der Waals surface area contributed by atoms with E-state index >= 15 is 0 Å². The minimum absolute atomic E-state index is 0.0783. The summed E-state index contributed by atoms with van der Waals surface area (Å²) >= 11 is 0. The van der Waals surface area contributed by atoms with Crippen molar-refractivity contribution in [3.8, 4) is 92.1 Å². The molecule has 0 aliphatic heterocycles. The van der Waals surface area contributed by atoms with Crippen LogP contribution in [0.25, 0.3) is 45.8 Å². The van der Waals surface area contributed by atoms with Gasteiger partial charge in [-0.3, -0.25) is 19.4 Å². The van der Waals surface area contributed by atoms with Crippen LogP contribution in [0.1, 0.15) is 11.1 Å². The monoisotopic (exact) mass is 1090 g/mol. The molecule has 0 amide bonds. The van der Waals surface area contributed by atoms with Gasteiger partial charge in [0.25, 0.3) is 31.8 Å². The molecule has 8 aromatic heterocycles. The Bertz CT molecular complexity index is 3720. The van der Waals surface area contributed by atoms with Gasteiger partial charge < -0.3 is 28.4 Å². The lowest BCUT2D eigenvalue weighted by Crippen LogP contribution is -2.18. The number of rotatable bonds is 21. The number of tetrazole rings is 2. The SMILES string of the molecule is COc1ccccc1Oc1c(NS(=O)(=O)c2ccc(C)cn2)nc(-c2ccnc(-c3nn[nH]n3)c2)nc1OCCOc1nc(-c2ccnc(-c3nn[nH]n3)c2)nc(NS(=O)(=O)c2ccc(C)cn2)c1Oc1ccccc1OC. The normalized spacial score (nSPS) is 11.4. The third-order valence-corrected chi connectivity index (χ3v) is 13.3. The zero-order valence-corrected chi connectivity index (χ0v) is 42.8. The quantitative estimate of drug-likeness (QED) is 0.0616. The van der Waals surface area contributed by atoms with Gasteiger partial charge in [0.2, 0.25) is 23.1 Å². The van der Waals surface area contributed by atoms with E-state index in [1.807, 2.05) is 0 Å². The lowest BCUT2D eigenvalue weighted by molar-refractivity contribution is 0.198. The van der Waals surface area contributed by atoms with Gasteiger partial charge in [0, 0.05) is 35.9 Å². The number of pyridine rings is 4. The highest BCUT2D eigenvalue weighted by molar-refractivity contribution is 7.93. The Kier molecular flexibility index (Phi) is 14.6. The van der Waals surface area contributed by atoms with Crippen LogP contribution in [0.15, 0.2) is 132 Å². The molecule has 4 N–H and O–H groups in total. The van der Waals surface area contributed by atoms with Crippen molar-refractivity contribution in [1.29, 1.82) is 0 Å². The summed E-state index contributed by atoms with van der Waals surface area (Å²) in [6.07, 6.45) is 5.69. The van der Waals surface area contributed by atoms with E-state index in [1.165, 1.54) is 51.1 Å². The van der Waals surface area contributed by atoms with Crippen molar-refractivity contribution in [2.75, 3.05) is 36.9 Å². The summed E-state index contributed by atoms with van der Waals surface area (Å²) in [4.78, 5) is 35.7. The fourth-order valence-corrected chi connectivity index (χ4v) is 8.92. The highest BCUT2D eigenvalue weighted by Gasteiger charge is 2.29. The lowest BCUT2D eigenvalue weighted by atomic mass is 10.2. The zero-order valence-electron chi connectivity index (χ0n) is 41.1. The van der Waals surface area contributed by atoms with E-state index in [1.54, 1.807) is 98.8 Å². The average molecular weight is 1090 g/mol. The number of aromatic nitrogens is 16. The number of H-pyrrole nitrogens is 2. The molecule has 78 heavy (non-hydrogen) atoms. The van der Waals surface area contributed by atoms with E-state index in [-0.39, 0.29) is 103 Å². The number of benzene rings is 2. The molecule has 0 saturated heterocycles. The summed E-state index contributed by atoms with van der Waals surface area (Å²) in [7, 11) is -6.13. The van der Waals surface area contributed by atoms with Crippen molar-refractivity contribution >= 4 is 31.7 Å². The molecule has 0 aliphatic carbocycles. The van der Waals surface area contributed by atoms with Crippen molar-refractivity contribution in [2.45, 2.75) is 23.9 Å². The molecule has 8 heterocycles. The van der Waals surface area contributed by atoms with Crippen LogP contribution < -0.4 is 37.9 Å². The van der Waals surface area contributed by atoms with Crippen molar-refractivity contribution < 1.29 is 45.3 Å². The Balaban J connectivity index is 1.08. The molecule has 2 aromatic carbocycles. The maximum atomic E-state index is 14.1. The van der Waals surface area contributed by atoms with Gasteiger partial charge in [-0.25, -0.2) is 19.9 Å². The molecule has 0 radical (unpaired) electrons. The molecule has 0 bridgehead atoms. The number of nitrogens with zero attached hydrogens (tertiary/aromatic N) is 14. The van der Waals surface area contributed by atoms with Crippen molar-refractivity contribution in [3.05, 3.63) is 133 Å². The smallest absolute Gasteiger partial charge is 0.280 e. The number of ether oxygens (including phenoxy) is 6. The van der Waals surface area contributed by atoms with Crippen LogP contribution in [0.4, 0.5) is 11.6 Å². The highest BCUT2D eigenvalue weighted by atomic mass is 32.2. The molecule has 0 spiro atoms. The van der Waals surface area contributed by atoms with E-state index in [2.05, 4.69) is 80.6 Å². The van der Waals surface area contributed by atoms with Gasteiger partial charge in [-0.1, -0.05) is 36.4 Å².